The van der Waals surface area contributed by atoms with Crippen LogP contribution in [-0.4, -0.2) is 36.2 Å². The fourth-order valence-electron chi connectivity index (χ4n) is 2.02. The zero-order chi connectivity index (χ0) is 15.4. The Kier molecular flexibility index (Phi) is 5.00. The van der Waals surface area contributed by atoms with Gasteiger partial charge in [0.2, 0.25) is 5.91 Å². The van der Waals surface area contributed by atoms with E-state index >= 15 is 0 Å². The molecule has 0 saturated carbocycles. The minimum atomic E-state index is -0.0646. The van der Waals surface area contributed by atoms with E-state index in [2.05, 4.69) is 27.5 Å². The normalized spacial score (nSPS) is 10.9. The van der Waals surface area contributed by atoms with Gasteiger partial charge in [-0.15, -0.1) is 10.2 Å². The Morgan fingerprint density at radius 3 is 2.81 bits per heavy atom. The number of hydrogen-bond donors (Lipinski definition) is 1. The van der Waals surface area contributed by atoms with Gasteiger partial charge in [-0.05, 0) is 20.3 Å². The first-order valence-electron chi connectivity index (χ1n) is 6.83. The highest BCUT2D eigenvalue weighted by Gasteiger charge is 2.14. The summed E-state index contributed by atoms with van der Waals surface area (Å²) in [6, 6.07) is 0. The van der Waals surface area contributed by atoms with E-state index in [1.807, 2.05) is 25.6 Å². The van der Waals surface area contributed by atoms with Gasteiger partial charge in [-0.25, -0.2) is 0 Å². The van der Waals surface area contributed by atoms with Gasteiger partial charge in [0.05, 0.1) is 22.8 Å². The van der Waals surface area contributed by atoms with Crippen LogP contribution in [0.1, 0.15) is 24.7 Å². The third kappa shape index (κ3) is 3.63. The van der Waals surface area contributed by atoms with Crippen LogP contribution in [-0.2, 0) is 18.4 Å². The lowest BCUT2D eigenvalue weighted by molar-refractivity contribution is -0.113. The van der Waals surface area contributed by atoms with Crippen LogP contribution in [0.3, 0.4) is 0 Å². The van der Waals surface area contributed by atoms with Gasteiger partial charge in [0.25, 0.3) is 0 Å². The molecule has 0 unspecified atom stereocenters. The maximum atomic E-state index is 12.1. The molecular formula is C13H20N6OS. The Morgan fingerprint density at radius 1 is 1.43 bits per heavy atom. The summed E-state index contributed by atoms with van der Waals surface area (Å²) in [4.78, 5) is 12.1. The maximum Gasteiger partial charge on any atom is 0.234 e. The number of anilines is 1. The van der Waals surface area contributed by atoms with Gasteiger partial charge in [-0.3, -0.25) is 9.48 Å². The van der Waals surface area contributed by atoms with Crippen LogP contribution in [0.5, 0.6) is 0 Å². The molecule has 2 aromatic heterocycles. The fraction of sp³-hybridized carbons (Fsp3) is 0.538. The Labute approximate surface area is 128 Å². The predicted octanol–water partition coefficient (Wildman–Crippen LogP) is 1.77. The standard InChI is InChI=1S/C13H20N6OS/c1-5-6-19-10(3)12(9(2)17-19)15-11(20)7-21-13-16-14-8-18(13)4/h8H,5-7H2,1-4H3,(H,15,20). The maximum absolute atomic E-state index is 12.1. The molecule has 8 heteroatoms. The van der Waals surface area contributed by atoms with E-state index in [1.54, 1.807) is 10.9 Å². The number of nitrogens with zero attached hydrogens (tertiary/aromatic N) is 5. The summed E-state index contributed by atoms with van der Waals surface area (Å²) in [5.74, 6) is 0.231. The summed E-state index contributed by atoms with van der Waals surface area (Å²) in [5, 5.41) is 15.8. The van der Waals surface area contributed by atoms with Crippen molar-refractivity contribution in [3.63, 3.8) is 0 Å². The highest BCUT2D eigenvalue weighted by Crippen LogP contribution is 2.21. The minimum Gasteiger partial charge on any atom is -0.322 e. The molecule has 0 aliphatic heterocycles. The molecule has 0 saturated heterocycles. The second kappa shape index (κ2) is 6.75. The number of aryl methyl sites for hydroxylation is 3. The van der Waals surface area contributed by atoms with Crippen LogP contribution in [0.15, 0.2) is 11.5 Å². The van der Waals surface area contributed by atoms with Crippen molar-refractivity contribution in [3.05, 3.63) is 17.7 Å². The van der Waals surface area contributed by atoms with Crippen molar-refractivity contribution in [2.24, 2.45) is 7.05 Å². The average molecular weight is 308 g/mol. The second-order valence-corrected chi connectivity index (χ2v) is 5.77. The first-order chi connectivity index (χ1) is 10.0. The van der Waals surface area contributed by atoms with Crippen LogP contribution in [0.4, 0.5) is 5.69 Å². The predicted molar refractivity (Wildman–Crippen MR) is 82.3 cm³/mol. The van der Waals surface area contributed by atoms with E-state index < -0.39 is 0 Å². The minimum absolute atomic E-state index is 0.0646. The molecule has 21 heavy (non-hydrogen) atoms. The summed E-state index contributed by atoms with van der Waals surface area (Å²) in [7, 11) is 1.85. The molecule has 2 aromatic rings. The Morgan fingerprint density at radius 2 is 2.19 bits per heavy atom. The van der Waals surface area contributed by atoms with E-state index in [9.17, 15) is 4.79 Å². The lowest BCUT2D eigenvalue weighted by Gasteiger charge is -2.06. The average Bonchev–Trinajstić information content (AvgIpc) is 2.96. The molecule has 0 radical (unpaired) electrons. The number of hydrogen-bond acceptors (Lipinski definition) is 5. The summed E-state index contributed by atoms with van der Waals surface area (Å²) in [6.45, 7) is 6.84. The topological polar surface area (TPSA) is 77.6 Å². The molecule has 1 N–H and O–H groups in total. The first kappa shape index (κ1) is 15.6. The first-order valence-corrected chi connectivity index (χ1v) is 7.82. The molecule has 1 amide bonds. The van der Waals surface area contributed by atoms with Crippen LogP contribution in [0, 0.1) is 13.8 Å². The van der Waals surface area contributed by atoms with Gasteiger partial charge >= 0.3 is 0 Å². The molecule has 7 nitrogen and oxygen atoms in total. The molecule has 0 aliphatic carbocycles. The molecule has 0 aliphatic rings. The van der Waals surface area contributed by atoms with Gasteiger partial charge in [0, 0.05) is 13.6 Å². The highest BCUT2D eigenvalue weighted by molar-refractivity contribution is 7.99. The number of nitrogens with one attached hydrogen (secondary N) is 1. The van der Waals surface area contributed by atoms with Gasteiger partial charge in [0.15, 0.2) is 5.16 Å². The van der Waals surface area contributed by atoms with Crippen LogP contribution in [0.25, 0.3) is 0 Å². The Bertz CT molecular complexity index is 633. The van der Waals surface area contributed by atoms with Gasteiger partial charge in [-0.1, -0.05) is 18.7 Å². The quantitative estimate of drug-likeness (QED) is 0.823. The van der Waals surface area contributed by atoms with Crippen molar-refractivity contribution in [2.45, 2.75) is 38.9 Å². The van der Waals surface area contributed by atoms with Crippen LogP contribution >= 0.6 is 11.8 Å². The SMILES string of the molecule is CCCn1nc(C)c(NC(=O)CSc2nncn2C)c1C. The Hall–Kier alpha value is -1.83. The molecule has 114 valence electrons. The second-order valence-electron chi connectivity index (χ2n) is 4.83. The number of carbonyl (C=O) groups excluding carboxylic acids is 1. The van der Waals surface area contributed by atoms with E-state index in [-0.39, 0.29) is 5.91 Å². The Balaban J connectivity index is 1.98. The number of rotatable bonds is 6. The summed E-state index contributed by atoms with van der Waals surface area (Å²) < 4.78 is 3.72. The zero-order valence-corrected chi connectivity index (χ0v) is 13.6. The molecule has 2 rings (SSSR count). The molecule has 0 fully saturated rings. The monoisotopic (exact) mass is 308 g/mol. The van der Waals surface area contributed by atoms with Crippen molar-refractivity contribution in [3.8, 4) is 0 Å². The third-order valence-electron chi connectivity index (χ3n) is 3.08. The van der Waals surface area contributed by atoms with Crippen molar-refractivity contribution in [1.29, 1.82) is 0 Å². The van der Waals surface area contributed by atoms with Gasteiger partial charge < -0.3 is 9.88 Å². The number of amides is 1. The summed E-state index contributed by atoms with van der Waals surface area (Å²) in [6.07, 6.45) is 2.63. The number of aromatic nitrogens is 5. The molecular weight excluding hydrogens is 288 g/mol. The third-order valence-corrected chi connectivity index (χ3v) is 4.12. The number of carbonyl (C=O) groups is 1. The van der Waals surface area contributed by atoms with Crippen molar-refractivity contribution >= 4 is 23.4 Å². The van der Waals surface area contributed by atoms with Crippen molar-refractivity contribution < 1.29 is 4.79 Å². The smallest absolute Gasteiger partial charge is 0.234 e. The van der Waals surface area contributed by atoms with Gasteiger partial charge in [-0.2, -0.15) is 5.10 Å². The van der Waals surface area contributed by atoms with E-state index in [4.69, 9.17) is 0 Å². The van der Waals surface area contributed by atoms with Crippen LogP contribution in [0.2, 0.25) is 0 Å². The zero-order valence-electron chi connectivity index (χ0n) is 12.8. The molecule has 0 atom stereocenters. The van der Waals surface area contributed by atoms with E-state index in [0.717, 1.165) is 35.2 Å². The van der Waals surface area contributed by atoms with E-state index in [0.29, 0.717) is 5.75 Å². The van der Waals surface area contributed by atoms with Crippen molar-refractivity contribution in [1.82, 2.24) is 24.5 Å². The summed E-state index contributed by atoms with van der Waals surface area (Å²) >= 11 is 1.36. The van der Waals surface area contributed by atoms with Crippen molar-refractivity contribution in [2.75, 3.05) is 11.1 Å². The molecule has 0 bridgehead atoms. The summed E-state index contributed by atoms with van der Waals surface area (Å²) in [5.41, 5.74) is 2.65. The van der Waals surface area contributed by atoms with Gasteiger partial charge in [0.1, 0.15) is 6.33 Å². The van der Waals surface area contributed by atoms with E-state index in [1.165, 1.54) is 11.8 Å². The molecule has 0 spiro atoms. The highest BCUT2D eigenvalue weighted by atomic mass is 32.2. The lowest BCUT2D eigenvalue weighted by Crippen LogP contribution is -2.15. The van der Waals surface area contributed by atoms with Crippen LogP contribution < -0.4 is 5.32 Å². The largest absolute Gasteiger partial charge is 0.322 e. The number of thioether (sulfide) groups is 1. The lowest BCUT2D eigenvalue weighted by atomic mass is 10.3. The molecule has 2 heterocycles. The molecule has 0 aromatic carbocycles. The fourth-order valence-corrected chi connectivity index (χ4v) is 2.70.